The third-order valence-electron chi connectivity index (χ3n) is 4.44. The maximum atomic E-state index is 5.37. The fraction of sp³-hybridized carbons (Fsp3) is 0.636. The number of terminal acetylenes is 1. The summed E-state index contributed by atoms with van der Waals surface area (Å²) in [5, 5.41) is 0. The molecule has 0 saturated heterocycles. The van der Waals surface area contributed by atoms with Gasteiger partial charge < -0.3 is 0 Å². The Kier molecular flexibility index (Phi) is 11.5. The molecule has 22 heavy (non-hydrogen) atoms. The van der Waals surface area contributed by atoms with Crippen molar-refractivity contribution in [1.29, 1.82) is 0 Å². The molecule has 0 aromatic heterocycles. The predicted molar refractivity (Wildman–Crippen MR) is 99.2 cm³/mol. The minimum absolute atomic E-state index is 0.985. The van der Waals surface area contributed by atoms with Crippen LogP contribution in [0.25, 0.3) is 0 Å². The van der Waals surface area contributed by atoms with E-state index in [1.54, 1.807) is 0 Å². The summed E-state index contributed by atoms with van der Waals surface area (Å²) in [6.07, 6.45) is 23.5. The Balaban J connectivity index is 1.86. The quantitative estimate of drug-likeness (QED) is 0.274. The largest absolute Gasteiger partial charge is 0.115 e. The van der Waals surface area contributed by atoms with E-state index >= 15 is 0 Å². The van der Waals surface area contributed by atoms with Crippen LogP contribution in [0.15, 0.2) is 24.3 Å². The lowest BCUT2D eigenvalue weighted by atomic mass is 10.0. The Hall–Kier alpha value is -1.22. The molecule has 0 nitrogen and oxygen atoms in total. The van der Waals surface area contributed by atoms with Crippen LogP contribution < -0.4 is 0 Å². The average Bonchev–Trinajstić information content (AvgIpc) is 2.56. The molecule has 0 spiro atoms. The molecule has 0 atom stereocenters. The van der Waals surface area contributed by atoms with Crippen molar-refractivity contribution in [2.45, 2.75) is 90.4 Å². The zero-order valence-electron chi connectivity index (χ0n) is 14.6. The van der Waals surface area contributed by atoms with Crippen LogP contribution in [0.4, 0.5) is 0 Å². The van der Waals surface area contributed by atoms with Gasteiger partial charge in [0.2, 0.25) is 0 Å². The zero-order chi connectivity index (χ0) is 15.9. The predicted octanol–water partition coefficient (Wildman–Crippen LogP) is 6.91. The summed E-state index contributed by atoms with van der Waals surface area (Å²) >= 11 is 0. The molecule has 1 aromatic rings. The highest BCUT2D eigenvalue weighted by molar-refractivity contribution is 5.34. The zero-order valence-corrected chi connectivity index (χ0v) is 14.6. The molecule has 0 aliphatic carbocycles. The summed E-state index contributed by atoms with van der Waals surface area (Å²) in [4.78, 5) is 0. The van der Waals surface area contributed by atoms with Crippen LogP contribution in [0.5, 0.6) is 0 Å². The highest BCUT2D eigenvalue weighted by atomic mass is 14.0. The van der Waals surface area contributed by atoms with Gasteiger partial charge in [-0.25, -0.2) is 0 Å². The van der Waals surface area contributed by atoms with Gasteiger partial charge in [-0.1, -0.05) is 95.6 Å². The van der Waals surface area contributed by atoms with Crippen LogP contribution in [0.2, 0.25) is 0 Å². The van der Waals surface area contributed by atoms with Crippen molar-refractivity contribution in [1.82, 2.24) is 0 Å². The summed E-state index contributed by atoms with van der Waals surface area (Å²) in [6, 6.07) is 8.45. The molecule has 1 aromatic carbocycles. The first-order valence-corrected chi connectivity index (χ1v) is 9.42. The fourth-order valence-corrected chi connectivity index (χ4v) is 2.94. The first-order chi connectivity index (χ1) is 10.9. The van der Waals surface area contributed by atoms with Gasteiger partial charge in [-0.3, -0.25) is 0 Å². The standard InChI is InChI=1S/C22H34/c1-3-5-6-7-8-9-10-11-12-13-14-15-16-22-19-17-21(4-2)18-20-22/h2,17-20H,3,5-16H2,1H3. The summed E-state index contributed by atoms with van der Waals surface area (Å²) in [5.41, 5.74) is 2.41. The number of aryl methyl sites for hydroxylation is 1. The summed E-state index contributed by atoms with van der Waals surface area (Å²) < 4.78 is 0. The van der Waals surface area contributed by atoms with E-state index in [2.05, 4.69) is 37.1 Å². The Morgan fingerprint density at radius 2 is 1.14 bits per heavy atom. The van der Waals surface area contributed by atoms with Crippen molar-refractivity contribution in [3.63, 3.8) is 0 Å². The van der Waals surface area contributed by atoms with Crippen LogP contribution in [0.3, 0.4) is 0 Å². The van der Waals surface area contributed by atoms with E-state index in [9.17, 15) is 0 Å². The smallest absolute Gasteiger partial charge is 0.0242 e. The van der Waals surface area contributed by atoms with E-state index < -0.39 is 0 Å². The van der Waals surface area contributed by atoms with Gasteiger partial charge >= 0.3 is 0 Å². The van der Waals surface area contributed by atoms with Gasteiger partial charge in [0.1, 0.15) is 0 Å². The number of hydrogen-bond donors (Lipinski definition) is 0. The van der Waals surface area contributed by atoms with Gasteiger partial charge in [0, 0.05) is 5.56 Å². The Labute approximate surface area is 138 Å². The van der Waals surface area contributed by atoms with Gasteiger partial charge in [0.05, 0.1) is 0 Å². The van der Waals surface area contributed by atoms with E-state index in [-0.39, 0.29) is 0 Å². The molecule has 0 unspecified atom stereocenters. The van der Waals surface area contributed by atoms with Crippen molar-refractivity contribution in [2.24, 2.45) is 0 Å². The summed E-state index contributed by atoms with van der Waals surface area (Å²) in [6.45, 7) is 2.28. The molecule has 0 saturated carbocycles. The maximum absolute atomic E-state index is 5.37. The number of unbranched alkanes of at least 4 members (excludes halogenated alkanes) is 11. The lowest BCUT2D eigenvalue weighted by molar-refractivity contribution is 0.544. The molecule has 0 aliphatic heterocycles. The van der Waals surface area contributed by atoms with Crippen molar-refractivity contribution < 1.29 is 0 Å². The molecule has 0 heteroatoms. The summed E-state index contributed by atoms with van der Waals surface area (Å²) in [7, 11) is 0. The highest BCUT2D eigenvalue weighted by Crippen LogP contribution is 2.13. The molecule has 0 radical (unpaired) electrons. The van der Waals surface area contributed by atoms with Crippen LogP contribution in [-0.2, 0) is 6.42 Å². The minimum atomic E-state index is 0.985. The van der Waals surface area contributed by atoms with Crippen molar-refractivity contribution in [3.8, 4) is 12.3 Å². The van der Waals surface area contributed by atoms with E-state index in [0.29, 0.717) is 0 Å². The van der Waals surface area contributed by atoms with E-state index in [0.717, 1.165) is 5.56 Å². The molecular weight excluding hydrogens is 264 g/mol. The van der Waals surface area contributed by atoms with E-state index in [4.69, 9.17) is 6.42 Å². The second-order valence-corrected chi connectivity index (χ2v) is 6.48. The van der Waals surface area contributed by atoms with Crippen molar-refractivity contribution in [3.05, 3.63) is 35.4 Å². The summed E-state index contributed by atoms with van der Waals surface area (Å²) in [5.74, 6) is 2.67. The lowest BCUT2D eigenvalue weighted by Crippen LogP contribution is -1.87. The maximum Gasteiger partial charge on any atom is 0.0242 e. The molecule has 0 amide bonds. The molecule has 0 aliphatic rings. The first-order valence-electron chi connectivity index (χ1n) is 9.42. The average molecular weight is 299 g/mol. The highest BCUT2D eigenvalue weighted by Gasteiger charge is 1.96. The third-order valence-corrected chi connectivity index (χ3v) is 4.44. The minimum Gasteiger partial charge on any atom is -0.115 e. The number of hydrogen-bond acceptors (Lipinski definition) is 0. The number of rotatable bonds is 13. The van der Waals surface area contributed by atoms with Gasteiger partial charge in [0.25, 0.3) is 0 Å². The van der Waals surface area contributed by atoms with Crippen molar-refractivity contribution in [2.75, 3.05) is 0 Å². The second-order valence-electron chi connectivity index (χ2n) is 6.48. The molecule has 0 heterocycles. The molecule has 1 rings (SSSR count). The fourth-order valence-electron chi connectivity index (χ4n) is 2.94. The van der Waals surface area contributed by atoms with Crippen LogP contribution in [0, 0.1) is 12.3 Å². The molecule has 0 fully saturated rings. The van der Waals surface area contributed by atoms with Gasteiger partial charge in [0.15, 0.2) is 0 Å². The topological polar surface area (TPSA) is 0 Å². The molecular formula is C22H34. The molecule has 0 bridgehead atoms. The SMILES string of the molecule is C#Cc1ccc(CCCCCCCCCCCCCC)cc1. The van der Waals surface area contributed by atoms with Gasteiger partial charge in [-0.05, 0) is 30.5 Å². The van der Waals surface area contributed by atoms with Crippen LogP contribution in [0.1, 0.15) is 95.1 Å². The molecule has 122 valence electrons. The first kappa shape index (κ1) is 18.8. The third kappa shape index (κ3) is 9.67. The Morgan fingerprint density at radius 3 is 1.59 bits per heavy atom. The second kappa shape index (κ2) is 13.4. The van der Waals surface area contributed by atoms with E-state index in [1.165, 1.54) is 89.0 Å². The monoisotopic (exact) mass is 298 g/mol. The Morgan fingerprint density at radius 1 is 0.682 bits per heavy atom. The van der Waals surface area contributed by atoms with E-state index in [1.807, 2.05) is 0 Å². The van der Waals surface area contributed by atoms with Crippen LogP contribution in [-0.4, -0.2) is 0 Å². The van der Waals surface area contributed by atoms with Gasteiger partial charge in [-0.15, -0.1) is 6.42 Å². The Bertz CT molecular complexity index is 393. The number of benzene rings is 1. The van der Waals surface area contributed by atoms with Crippen LogP contribution >= 0.6 is 0 Å². The lowest BCUT2D eigenvalue weighted by Gasteiger charge is -2.03. The molecule has 0 N–H and O–H groups in total. The normalized spacial score (nSPS) is 10.5. The van der Waals surface area contributed by atoms with Crippen molar-refractivity contribution >= 4 is 0 Å². The van der Waals surface area contributed by atoms with Gasteiger partial charge in [-0.2, -0.15) is 0 Å².